The van der Waals surface area contributed by atoms with Crippen molar-refractivity contribution in [3.05, 3.63) is 0 Å². The number of carboxylic acid groups (broad SMARTS) is 1. The Hall–Kier alpha value is -0.910. The molecule has 2 amide bonds. The summed E-state index contributed by atoms with van der Waals surface area (Å²) in [6, 6.07) is -0.220. The number of carboxylic acids is 1. The fourth-order valence-corrected chi connectivity index (χ4v) is 4.13. The summed E-state index contributed by atoms with van der Waals surface area (Å²) in [5, 5.41) is 12.3. The van der Waals surface area contributed by atoms with Gasteiger partial charge in [-0.25, -0.2) is 9.59 Å². The van der Waals surface area contributed by atoms with E-state index >= 15 is 0 Å². The summed E-state index contributed by atoms with van der Waals surface area (Å²) in [4.78, 5) is 25.8. The number of thioether (sulfide) groups is 1. The van der Waals surface area contributed by atoms with E-state index in [9.17, 15) is 14.7 Å². The number of rotatable bonds is 2. The first kappa shape index (κ1) is 15.5. The van der Waals surface area contributed by atoms with Crippen molar-refractivity contribution in [1.82, 2.24) is 10.2 Å². The van der Waals surface area contributed by atoms with Gasteiger partial charge in [0.25, 0.3) is 0 Å². The average Bonchev–Trinajstić information content (AvgIpc) is 2.38. The highest BCUT2D eigenvalue weighted by molar-refractivity contribution is 8.00. The van der Waals surface area contributed by atoms with Gasteiger partial charge in [-0.05, 0) is 26.7 Å². The molecule has 0 radical (unpaired) electrons. The molecule has 0 aromatic rings. The van der Waals surface area contributed by atoms with Gasteiger partial charge in [-0.3, -0.25) is 0 Å². The molecule has 1 saturated carbocycles. The highest BCUT2D eigenvalue weighted by Crippen LogP contribution is 2.31. The summed E-state index contributed by atoms with van der Waals surface area (Å²) < 4.78 is 0.0402. The number of hydrogen-bond acceptors (Lipinski definition) is 3. The number of aliphatic carboxylic acids is 1. The Balaban J connectivity index is 2.03. The van der Waals surface area contributed by atoms with E-state index in [-0.39, 0.29) is 10.8 Å². The normalized spacial score (nSPS) is 25.0. The van der Waals surface area contributed by atoms with E-state index in [0.29, 0.717) is 25.9 Å². The molecule has 20 heavy (non-hydrogen) atoms. The molecule has 2 aliphatic rings. The highest BCUT2D eigenvalue weighted by Gasteiger charge is 2.42. The van der Waals surface area contributed by atoms with E-state index in [0.717, 1.165) is 25.0 Å². The third-order valence-corrected chi connectivity index (χ3v) is 5.47. The molecule has 114 valence electrons. The molecule has 5 nitrogen and oxygen atoms in total. The van der Waals surface area contributed by atoms with Gasteiger partial charge in [0.1, 0.15) is 5.54 Å². The molecular formula is C14H24N2O3S. The lowest BCUT2D eigenvalue weighted by Crippen LogP contribution is -2.60. The molecule has 0 aromatic carbocycles. The van der Waals surface area contributed by atoms with Crippen molar-refractivity contribution < 1.29 is 14.7 Å². The van der Waals surface area contributed by atoms with Gasteiger partial charge in [-0.2, -0.15) is 11.8 Å². The van der Waals surface area contributed by atoms with E-state index in [1.165, 1.54) is 0 Å². The number of amides is 2. The third-order valence-electron chi connectivity index (χ3n) is 4.18. The number of carbonyl (C=O) groups excluding carboxylic acids is 1. The van der Waals surface area contributed by atoms with Crippen molar-refractivity contribution in [2.45, 2.75) is 56.2 Å². The maximum atomic E-state index is 12.4. The standard InChI is InChI=1S/C14H24N2O3S/c1-13(2)10-16(8-9-20-13)12(19)15-14(11(17)18)6-4-3-5-7-14/h3-10H2,1-2H3,(H,15,19)(H,17,18). The summed E-state index contributed by atoms with van der Waals surface area (Å²) in [5.74, 6) is 0.0109. The van der Waals surface area contributed by atoms with E-state index in [1.54, 1.807) is 4.90 Å². The summed E-state index contributed by atoms with van der Waals surface area (Å²) in [5.41, 5.74) is -1.05. The number of carbonyl (C=O) groups is 2. The Bertz CT molecular complexity index is 392. The topological polar surface area (TPSA) is 69.6 Å². The first-order chi connectivity index (χ1) is 9.35. The van der Waals surface area contributed by atoms with Crippen molar-refractivity contribution in [1.29, 1.82) is 0 Å². The summed E-state index contributed by atoms with van der Waals surface area (Å²) in [7, 11) is 0. The minimum atomic E-state index is -1.05. The van der Waals surface area contributed by atoms with Gasteiger partial charge in [-0.15, -0.1) is 0 Å². The van der Waals surface area contributed by atoms with E-state index in [2.05, 4.69) is 19.2 Å². The second kappa shape index (κ2) is 5.84. The molecule has 2 rings (SSSR count). The van der Waals surface area contributed by atoms with Crippen LogP contribution in [0.1, 0.15) is 46.0 Å². The zero-order valence-electron chi connectivity index (χ0n) is 12.3. The van der Waals surface area contributed by atoms with Crippen LogP contribution in [0.2, 0.25) is 0 Å². The molecule has 0 spiro atoms. The first-order valence-electron chi connectivity index (χ1n) is 7.29. The molecule has 0 unspecified atom stereocenters. The minimum Gasteiger partial charge on any atom is -0.480 e. The smallest absolute Gasteiger partial charge is 0.329 e. The number of urea groups is 1. The summed E-state index contributed by atoms with van der Waals surface area (Å²) in [6.07, 6.45) is 3.88. The van der Waals surface area contributed by atoms with Crippen LogP contribution in [0.5, 0.6) is 0 Å². The van der Waals surface area contributed by atoms with Gasteiger partial charge in [0, 0.05) is 23.6 Å². The molecule has 6 heteroatoms. The van der Waals surface area contributed by atoms with Crippen LogP contribution in [0, 0.1) is 0 Å². The number of hydrogen-bond donors (Lipinski definition) is 2. The largest absolute Gasteiger partial charge is 0.480 e. The van der Waals surface area contributed by atoms with Crippen LogP contribution in [0.15, 0.2) is 0 Å². The van der Waals surface area contributed by atoms with E-state index in [4.69, 9.17) is 0 Å². The Kier molecular flexibility index (Phi) is 4.52. The second-order valence-electron chi connectivity index (χ2n) is 6.41. The molecule has 1 heterocycles. The fraction of sp³-hybridized carbons (Fsp3) is 0.857. The molecule has 2 N–H and O–H groups in total. The molecule has 1 saturated heterocycles. The van der Waals surface area contributed by atoms with Crippen LogP contribution < -0.4 is 5.32 Å². The summed E-state index contributed by atoms with van der Waals surface area (Å²) >= 11 is 1.86. The lowest BCUT2D eigenvalue weighted by molar-refractivity contribution is -0.146. The average molecular weight is 300 g/mol. The SMILES string of the molecule is CC1(C)CN(C(=O)NC2(C(=O)O)CCCCC2)CCS1. The minimum absolute atomic E-state index is 0.0402. The highest BCUT2D eigenvalue weighted by atomic mass is 32.2. The Morgan fingerprint density at radius 3 is 2.40 bits per heavy atom. The molecule has 0 bridgehead atoms. The van der Waals surface area contributed by atoms with Crippen molar-refractivity contribution in [2.24, 2.45) is 0 Å². The van der Waals surface area contributed by atoms with Gasteiger partial charge in [-0.1, -0.05) is 19.3 Å². The molecule has 0 atom stereocenters. The molecule has 1 aliphatic heterocycles. The maximum Gasteiger partial charge on any atom is 0.329 e. The van der Waals surface area contributed by atoms with Gasteiger partial charge in [0.15, 0.2) is 0 Å². The van der Waals surface area contributed by atoms with Gasteiger partial charge in [0.05, 0.1) is 0 Å². The zero-order chi connectivity index (χ0) is 14.8. The van der Waals surface area contributed by atoms with Crippen molar-refractivity contribution in [3.63, 3.8) is 0 Å². The van der Waals surface area contributed by atoms with Crippen LogP contribution in [0.4, 0.5) is 4.79 Å². The van der Waals surface area contributed by atoms with Gasteiger partial charge < -0.3 is 15.3 Å². The van der Waals surface area contributed by atoms with Crippen molar-refractivity contribution in [3.8, 4) is 0 Å². The Morgan fingerprint density at radius 2 is 1.85 bits per heavy atom. The maximum absolute atomic E-state index is 12.4. The van der Waals surface area contributed by atoms with Gasteiger partial charge >= 0.3 is 12.0 Å². The van der Waals surface area contributed by atoms with Crippen LogP contribution in [0.25, 0.3) is 0 Å². The van der Waals surface area contributed by atoms with Crippen LogP contribution >= 0.6 is 11.8 Å². The second-order valence-corrected chi connectivity index (χ2v) is 8.21. The van der Waals surface area contributed by atoms with Gasteiger partial charge in [0.2, 0.25) is 0 Å². The Morgan fingerprint density at radius 1 is 1.20 bits per heavy atom. The van der Waals surface area contributed by atoms with Crippen LogP contribution in [-0.2, 0) is 4.79 Å². The molecule has 0 aromatic heterocycles. The van der Waals surface area contributed by atoms with Crippen LogP contribution in [0.3, 0.4) is 0 Å². The molecule has 1 aliphatic carbocycles. The molecule has 2 fully saturated rings. The van der Waals surface area contributed by atoms with Crippen molar-refractivity contribution >= 4 is 23.8 Å². The Labute approximate surface area is 124 Å². The number of nitrogens with zero attached hydrogens (tertiary/aromatic N) is 1. The van der Waals surface area contributed by atoms with Crippen molar-refractivity contribution in [2.75, 3.05) is 18.8 Å². The predicted molar refractivity (Wildman–Crippen MR) is 80.1 cm³/mol. The first-order valence-corrected chi connectivity index (χ1v) is 8.28. The lowest BCUT2D eigenvalue weighted by atomic mass is 9.82. The number of nitrogens with one attached hydrogen (secondary N) is 1. The molecular weight excluding hydrogens is 276 g/mol. The fourth-order valence-electron chi connectivity index (χ4n) is 3.02. The van der Waals surface area contributed by atoms with Crippen LogP contribution in [-0.4, -0.2) is 51.1 Å². The lowest BCUT2D eigenvalue weighted by Gasteiger charge is -2.40. The zero-order valence-corrected chi connectivity index (χ0v) is 13.1. The third kappa shape index (κ3) is 3.40. The van der Waals surface area contributed by atoms with E-state index in [1.807, 2.05) is 11.8 Å². The predicted octanol–water partition coefficient (Wildman–Crippen LogP) is 2.31. The monoisotopic (exact) mass is 300 g/mol. The van der Waals surface area contributed by atoms with E-state index < -0.39 is 11.5 Å². The quantitative estimate of drug-likeness (QED) is 0.821. The summed E-state index contributed by atoms with van der Waals surface area (Å²) in [6.45, 7) is 5.59.